The van der Waals surface area contributed by atoms with Crippen molar-refractivity contribution in [3.8, 4) is 11.5 Å². The van der Waals surface area contributed by atoms with Gasteiger partial charge >= 0.3 is 11.9 Å². The molecule has 0 bridgehead atoms. The summed E-state index contributed by atoms with van der Waals surface area (Å²) in [5.41, 5.74) is 0.832. The zero-order chi connectivity index (χ0) is 30.5. The molecule has 1 heterocycles. The van der Waals surface area contributed by atoms with Crippen LogP contribution in [-0.4, -0.2) is 68.4 Å². The molecule has 2 N–H and O–H groups in total. The molecular formula is C29H35ClN2O9. The van der Waals surface area contributed by atoms with Crippen molar-refractivity contribution in [2.75, 3.05) is 32.3 Å². The van der Waals surface area contributed by atoms with Crippen molar-refractivity contribution in [3.05, 3.63) is 52.5 Å². The van der Waals surface area contributed by atoms with Crippen LogP contribution in [-0.2, 0) is 28.7 Å². The van der Waals surface area contributed by atoms with Crippen molar-refractivity contribution in [2.45, 2.75) is 52.4 Å². The number of carboxylic acids is 1. The number of halogens is 1. The van der Waals surface area contributed by atoms with Gasteiger partial charge in [-0.2, -0.15) is 0 Å². The molecule has 0 spiro atoms. The van der Waals surface area contributed by atoms with Gasteiger partial charge in [0.25, 0.3) is 5.91 Å². The molecule has 1 aliphatic rings. The molecule has 0 unspecified atom stereocenters. The van der Waals surface area contributed by atoms with E-state index in [0.29, 0.717) is 33.3 Å². The molecule has 1 aliphatic heterocycles. The lowest BCUT2D eigenvalue weighted by Gasteiger charge is -2.33. The maximum atomic E-state index is 14.1. The summed E-state index contributed by atoms with van der Waals surface area (Å²) in [6, 6.07) is 9.04. The molecule has 2 amide bonds. The molecule has 222 valence electrons. The lowest BCUT2D eigenvalue weighted by Crippen LogP contribution is -2.47. The van der Waals surface area contributed by atoms with E-state index in [1.54, 1.807) is 36.4 Å². The van der Waals surface area contributed by atoms with Crippen molar-refractivity contribution in [1.82, 2.24) is 5.32 Å². The van der Waals surface area contributed by atoms with Crippen LogP contribution in [0.15, 0.2) is 36.4 Å². The second-order valence-corrected chi connectivity index (χ2v) is 10.9. The van der Waals surface area contributed by atoms with Crippen LogP contribution in [0.3, 0.4) is 0 Å². The summed E-state index contributed by atoms with van der Waals surface area (Å²) in [5, 5.41) is 12.0. The van der Waals surface area contributed by atoms with Crippen molar-refractivity contribution in [2.24, 2.45) is 5.41 Å². The number of aliphatic carboxylic acids is 1. The Morgan fingerprint density at radius 2 is 1.85 bits per heavy atom. The molecule has 3 rings (SSSR count). The number of hydrogen-bond acceptors (Lipinski definition) is 8. The number of methoxy groups -OCH3 is 2. The summed E-state index contributed by atoms with van der Waals surface area (Å²) in [5.74, 6) is -2.10. The number of nitrogens with zero attached hydrogens (tertiary/aromatic N) is 1. The van der Waals surface area contributed by atoms with Gasteiger partial charge < -0.3 is 34.3 Å². The maximum absolute atomic E-state index is 14.1. The number of fused-ring (bicyclic) bond motifs is 1. The van der Waals surface area contributed by atoms with Crippen molar-refractivity contribution >= 4 is 41.0 Å². The molecule has 0 aliphatic carbocycles. The molecule has 12 heteroatoms. The number of esters is 1. The molecular weight excluding hydrogens is 556 g/mol. The monoisotopic (exact) mass is 590 g/mol. The van der Waals surface area contributed by atoms with Gasteiger partial charge in [0.05, 0.1) is 27.2 Å². The van der Waals surface area contributed by atoms with E-state index in [1.807, 2.05) is 13.8 Å². The number of hydrogen-bond donors (Lipinski definition) is 2. The SMILES string of the molecule is COc1cccc([C@H]2O[C@H](CC(=O)N[C@@H](C)C(=O)O)C(=O)N(CC(C)(C)COC(C)=O)c3ccc(Cl)cc32)c1OC. The first-order chi connectivity index (χ1) is 19.3. The average molecular weight is 591 g/mol. The largest absolute Gasteiger partial charge is 0.493 e. The van der Waals surface area contributed by atoms with Gasteiger partial charge in [-0.15, -0.1) is 0 Å². The lowest BCUT2D eigenvalue weighted by molar-refractivity contribution is -0.144. The quantitative estimate of drug-likeness (QED) is 0.374. The van der Waals surface area contributed by atoms with Crippen molar-refractivity contribution < 1.29 is 43.2 Å². The second-order valence-electron chi connectivity index (χ2n) is 10.5. The van der Waals surface area contributed by atoms with E-state index >= 15 is 0 Å². The van der Waals surface area contributed by atoms with Gasteiger partial charge in [0.2, 0.25) is 5.91 Å². The van der Waals surface area contributed by atoms with Gasteiger partial charge in [0.15, 0.2) is 11.5 Å². The van der Waals surface area contributed by atoms with E-state index in [4.69, 9.17) is 30.5 Å². The Labute approximate surface area is 243 Å². The van der Waals surface area contributed by atoms with E-state index in [-0.39, 0.29) is 13.2 Å². The van der Waals surface area contributed by atoms with Crippen LogP contribution in [0.25, 0.3) is 0 Å². The fourth-order valence-electron chi connectivity index (χ4n) is 4.53. The van der Waals surface area contributed by atoms with Crippen LogP contribution in [0, 0.1) is 5.41 Å². The van der Waals surface area contributed by atoms with Crippen LogP contribution < -0.4 is 19.7 Å². The second kappa shape index (κ2) is 13.2. The number of anilines is 1. The first-order valence-corrected chi connectivity index (χ1v) is 13.3. The number of carboxylic acid groups (broad SMARTS) is 1. The number of carbonyl (C=O) groups is 4. The highest BCUT2D eigenvalue weighted by Gasteiger charge is 2.41. The highest BCUT2D eigenvalue weighted by atomic mass is 35.5. The van der Waals surface area contributed by atoms with E-state index in [2.05, 4.69) is 5.32 Å². The summed E-state index contributed by atoms with van der Waals surface area (Å²) < 4.78 is 22.8. The predicted molar refractivity (Wildman–Crippen MR) is 150 cm³/mol. The molecule has 0 radical (unpaired) electrons. The van der Waals surface area contributed by atoms with Crippen LogP contribution >= 0.6 is 11.6 Å². The first kappa shape index (κ1) is 31.7. The highest BCUT2D eigenvalue weighted by molar-refractivity contribution is 6.30. The molecule has 41 heavy (non-hydrogen) atoms. The van der Waals surface area contributed by atoms with Gasteiger partial charge in [-0.3, -0.25) is 19.2 Å². The fourth-order valence-corrected chi connectivity index (χ4v) is 4.71. The van der Waals surface area contributed by atoms with Crippen LogP contribution in [0.1, 0.15) is 51.3 Å². The Balaban J connectivity index is 2.17. The van der Waals surface area contributed by atoms with Crippen molar-refractivity contribution in [1.29, 1.82) is 0 Å². The van der Waals surface area contributed by atoms with Gasteiger partial charge in [-0.25, -0.2) is 0 Å². The minimum atomic E-state index is -1.33. The van der Waals surface area contributed by atoms with Gasteiger partial charge in [0, 0.05) is 40.7 Å². The number of para-hydroxylation sites is 1. The molecule has 11 nitrogen and oxygen atoms in total. The minimum absolute atomic E-state index is 0.0321. The normalized spacial score (nSPS) is 17.6. The minimum Gasteiger partial charge on any atom is -0.493 e. The summed E-state index contributed by atoms with van der Waals surface area (Å²) in [7, 11) is 2.97. The van der Waals surface area contributed by atoms with E-state index in [9.17, 15) is 24.3 Å². The third-order valence-corrected chi connectivity index (χ3v) is 6.73. The van der Waals surface area contributed by atoms with Gasteiger partial charge in [-0.05, 0) is 31.2 Å². The summed E-state index contributed by atoms with van der Waals surface area (Å²) in [6.45, 7) is 6.43. The molecule has 2 aromatic rings. The molecule has 0 aromatic heterocycles. The highest BCUT2D eigenvalue weighted by Crippen LogP contribution is 2.45. The number of rotatable bonds is 11. The Bertz CT molecular complexity index is 1310. The number of carbonyl (C=O) groups excluding carboxylic acids is 3. The Kier molecular flexibility index (Phi) is 10.2. The van der Waals surface area contributed by atoms with Crippen LogP contribution in [0.4, 0.5) is 5.69 Å². The summed E-state index contributed by atoms with van der Waals surface area (Å²) in [6.07, 6.45) is -2.72. The third kappa shape index (κ3) is 7.68. The number of ether oxygens (including phenoxy) is 4. The average Bonchev–Trinajstić information content (AvgIpc) is 3.01. The standard InChI is InChI=1S/C29H35ClN2O9/c1-16(28(36)37)31-24(34)13-23-27(35)32(14-29(3,4)15-40-17(2)33)21-11-10-18(30)12-20(21)25(41-23)19-8-7-9-22(38-5)26(19)39-6/h7-12,16,23,25H,13-15H2,1-6H3,(H,31,34)(H,36,37)/t16-,23+,25+/m0/s1. The van der Waals surface area contributed by atoms with Crippen molar-refractivity contribution in [3.63, 3.8) is 0 Å². The number of amides is 2. The summed E-state index contributed by atoms with van der Waals surface area (Å²) >= 11 is 6.43. The van der Waals surface area contributed by atoms with Gasteiger partial charge in [-0.1, -0.05) is 37.6 Å². The van der Waals surface area contributed by atoms with Crippen LogP contribution in [0.5, 0.6) is 11.5 Å². The van der Waals surface area contributed by atoms with E-state index in [0.717, 1.165) is 0 Å². The molecule has 0 saturated carbocycles. The Morgan fingerprint density at radius 1 is 1.15 bits per heavy atom. The van der Waals surface area contributed by atoms with Gasteiger partial charge in [0.1, 0.15) is 18.2 Å². The van der Waals surface area contributed by atoms with E-state index in [1.165, 1.54) is 33.0 Å². The molecule has 0 saturated heterocycles. The third-order valence-electron chi connectivity index (χ3n) is 6.49. The zero-order valence-electron chi connectivity index (χ0n) is 23.9. The fraction of sp³-hybridized carbons (Fsp3) is 0.448. The zero-order valence-corrected chi connectivity index (χ0v) is 24.6. The van der Waals surface area contributed by atoms with Crippen LogP contribution in [0.2, 0.25) is 5.02 Å². The summed E-state index contributed by atoms with van der Waals surface area (Å²) in [4.78, 5) is 51.3. The first-order valence-electron chi connectivity index (χ1n) is 12.9. The lowest BCUT2D eigenvalue weighted by atomic mass is 9.92. The molecule has 3 atom stereocenters. The number of nitrogens with one attached hydrogen (secondary N) is 1. The van der Waals surface area contributed by atoms with E-state index < -0.39 is 53.8 Å². The topological polar surface area (TPSA) is 141 Å². The smallest absolute Gasteiger partial charge is 0.325 e. The Morgan fingerprint density at radius 3 is 2.46 bits per heavy atom. The maximum Gasteiger partial charge on any atom is 0.325 e. The number of benzene rings is 2. The molecule has 0 fully saturated rings. The Hall–Kier alpha value is -3.83. The molecule has 2 aromatic carbocycles. The predicted octanol–water partition coefficient (Wildman–Crippen LogP) is 3.75.